The Balaban J connectivity index is 1.86. The van der Waals surface area contributed by atoms with Crippen LogP contribution in [0, 0.1) is 0 Å². The van der Waals surface area contributed by atoms with Crippen molar-refractivity contribution in [1.82, 2.24) is 25.7 Å². The molecular weight excluding hydrogens is 370 g/mol. The number of benzene rings is 1. The summed E-state index contributed by atoms with van der Waals surface area (Å²) in [5.74, 6) is -0.240. The molecule has 6 nitrogen and oxygen atoms in total. The maximum Gasteiger partial charge on any atom is 0.254 e. The molecule has 2 heterocycles. The number of rotatable bonds is 3. The molecule has 22 heavy (non-hydrogen) atoms. The van der Waals surface area contributed by atoms with Crippen molar-refractivity contribution < 1.29 is 4.79 Å². The minimum absolute atomic E-state index is 0.200. The third-order valence-electron chi connectivity index (χ3n) is 3.24. The number of carbonyl (C=O) groups excluding carboxylic acids is 1. The fourth-order valence-electron chi connectivity index (χ4n) is 2.15. The van der Waals surface area contributed by atoms with Crippen LogP contribution in [-0.4, -0.2) is 26.3 Å². The maximum absolute atomic E-state index is 12.5. The van der Waals surface area contributed by atoms with Gasteiger partial charge in [0.2, 0.25) is 5.65 Å². The summed E-state index contributed by atoms with van der Waals surface area (Å²) in [6.07, 6.45) is 1.53. The fourth-order valence-corrected chi connectivity index (χ4v) is 3.17. The minimum Gasteiger partial charge on any atom is -0.345 e. The molecule has 1 aromatic carbocycles. The molecule has 0 aliphatic carbocycles. The first-order valence-electron chi connectivity index (χ1n) is 6.47. The molecule has 112 valence electrons. The van der Waals surface area contributed by atoms with Crippen molar-refractivity contribution >= 4 is 44.6 Å². The lowest BCUT2D eigenvalue weighted by atomic mass is 10.1. The number of hydrogen-bond donors (Lipinski definition) is 2. The molecule has 3 rings (SSSR count). The number of pyridine rings is 1. The SMILES string of the molecule is C[C@H](NC(=O)c1ccnc2n[nH]nc12)c1ccc(Cl)cc1Br. The molecule has 0 bridgehead atoms. The summed E-state index contributed by atoms with van der Waals surface area (Å²) in [5, 5.41) is 13.9. The van der Waals surface area contributed by atoms with Gasteiger partial charge in [-0.05, 0) is 30.7 Å². The van der Waals surface area contributed by atoms with Crippen molar-refractivity contribution in [2.45, 2.75) is 13.0 Å². The van der Waals surface area contributed by atoms with Crippen molar-refractivity contribution in [1.29, 1.82) is 0 Å². The molecule has 0 saturated carbocycles. The van der Waals surface area contributed by atoms with E-state index in [-0.39, 0.29) is 11.9 Å². The first-order valence-corrected chi connectivity index (χ1v) is 7.64. The van der Waals surface area contributed by atoms with Gasteiger partial charge in [0, 0.05) is 15.7 Å². The van der Waals surface area contributed by atoms with Crippen LogP contribution < -0.4 is 5.32 Å². The quantitative estimate of drug-likeness (QED) is 0.730. The number of hydrogen-bond acceptors (Lipinski definition) is 4. The Morgan fingerprint density at radius 2 is 2.18 bits per heavy atom. The number of nitrogens with zero attached hydrogens (tertiary/aromatic N) is 3. The van der Waals surface area contributed by atoms with Crippen molar-refractivity contribution in [3.63, 3.8) is 0 Å². The Morgan fingerprint density at radius 3 is 2.95 bits per heavy atom. The molecule has 0 aliphatic rings. The van der Waals surface area contributed by atoms with E-state index in [9.17, 15) is 4.79 Å². The van der Waals surface area contributed by atoms with Crippen LogP contribution in [0.1, 0.15) is 28.9 Å². The Morgan fingerprint density at radius 1 is 1.36 bits per heavy atom. The fraction of sp³-hybridized carbons (Fsp3) is 0.143. The van der Waals surface area contributed by atoms with Gasteiger partial charge in [-0.3, -0.25) is 4.79 Å². The summed E-state index contributed by atoms with van der Waals surface area (Å²) in [7, 11) is 0. The number of aromatic amines is 1. The van der Waals surface area contributed by atoms with Gasteiger partial charge in [-0.15, -0.1) is 5.10 Å². The summed E-state index contributed by atoms with van der Waals surface area (Å²) in [5.41, 5.74) is 2.22. The number of aromatic nitrogens is 4. The highest BCUT2D eigenvalue weighted by Gasteiger charge is 2.17. The molecule has 2 N–H and O–H groups in total. The van der Waals surface area contributed by atoms with Gasteiger partial charge < -0.3 is 5.32 Å². The van der Waals surface area contributed by atoms with Crippen LogP contribution in [0.4, 0.5) is 0 Å². The standard InChI is InChI=1S/C14H11BrClN5O/c1-7(9-3-2-8(16)6-11(9)15)18-14(22)10-4-5-17-13-12(10)19-21-20-13/h2-7H,1H3,(H,18,22)(H,17,19,20,21)/t7-/m0/s1. The van der Waals surface area contributed by atoms with E-state index in [1.54, 1.807) is 18.2 Å². The predicted octanol–water partition coefficient (Wildman–Crippen LogP) is 3.26. The predicted molar refractivity (Wildman–Crippen MR) is 86.7 cm³/mol. The van der Waals surface area contributed by atoms with Gasteiger partial charge >= 0.3 is 0 Å². The van der Waals surface area contributed by atoms with Crippen LogP contribution in [0.2, 0.25) is 5.02 Å². The Bertz CT molecular complexity index is 850. The number of halogens is 2. The monoisotopic (exact) mass is 379 g/mol. The molecule has 1 amide bonds. The summed E-state index contributed by atoms with van der Waals surface area (Å²) >= 11 is 9.39. The number of H-pyrrole nitrogens is 1. The zero-order valence-corrected chi connectivity index (χ0v) is 13.8. The largest absolute Gasteiger partial charge is 0.345 e. The molecule has 0 spiro atoms. The second-order valence-electron chi connectivity index (χ2n) is 4.72. The van der Waals surface area contributed by atoms with Crippen LogP contribution in [0.25, 0.3) is 11.2 Å². The van der Waals surface area contributed by atoms with Crippen molar-refractivity contribution in [2.75, 3.05) is 0 Å². The van der Waals surface area contributed by atoms with Gasteiger partial charge in [0.15, 0.2) is 0 Å². The average molecular weight is 381 g/mol. The highest BCUT2D eigenvalue weighted by atomic mass is 79.9. The average Bonchev–Trinajstić information content (AvgIpc) is 2.95. The second kappa shape index (κ2) is 6.02. The summed E-state index contributed by atoms with van der Waals surface area (Å²) in [6.45, 7) is 1.90. The van der Waals surface area contributed by atoms with E-state index in [0.29, 0.717) is 21.7 Å². The Kier molecular flexibility index (Phi) is 4.08. The normalized spacial score (nSPS) is 12.3. The first kappa shape index (κ1) is 14.9. The summed E-state index contributed by atoms with van der Waals surface area (Å²) in [6, 6.07) is 6.86. The van der Waals surface area contributed by atoms with Gasteiger partial charge in [0.25, 0.3) is 5.91 Å². The topological polar surface area (TPSA) is 83.6 Å². The number of fused-ring (bicyclic) bond motifs is 1. The lowest BCUT2D eigenvalue weighted by Gasteiger charge is -2.16. The van der Waals surface area contributed by atoms with Crippen LogP contribution in [-0.2, 0) is 0 Å². The van der Waals surface area contributed by atoms with E-state index >= 15 is 0 Å². The molecular formula is C14H11BrClN5O. The van der Waals surface area contributed by atoms with Gasteiger partial charge in [-0.2, -0.15) is 10.3 Å². The Hall–Kier alpha value is -1.99. The van der Waals surface area contributed by atoms with Crippen molar-refractivity contribution in [3.05, 3.63) is 51.1 Å². The van der Waals surface area contributed by atoms with Gasteiger partial charge in [0.05, 0.1) is 11.6 Å². The number of carbonyl (C=O) groups is 1. The molecule has 2 aromatic heterocycles. The third kappa shape index (κ3) is 2.82. The van der Waals surface area contributed by atoms with Crippen molar-refractivity contribution in [2.24, 2.45) is 0 Å². The van der Waals surface area contributed by atoms with Gasteiger partial charge in [0.1, 0.15) is 5.52 Å². The molecule has 0 aliphatic heterocycles. The van der Waals surface area contributed by atoms with E-state index in [1.165, 1.54) is 6.20 Å². The third-order valence-corrected chi connectivity index (χ3v) is 4.17. The number of amides is 1. The summed E-state index contributed by atoms with van der Waals surface area (Å²) < 4.78 is 0.842. The molecule has 3 aromatic rings. The maximum atomic E-state index is 12.5. The first-order chi connectivity index (χ1) is 10.6. The highest BCUT2D eigenvalue weighted by Crippen LogP contribution is 2.27. The van der Waals surface area contributed by atoms with Gasteiger partial charge in [-0.25, -0.2) is 4.98 Å². The van der Waals surface area contributed by atoms with Crippen molar-refractivity contribution in [3.8, 4) is 0 Å². The van der Waals surface area contributed by atoms with Crippen LogP contribution in [0.5, 0.6) is 0 Å². The Labute approximate surface area is 139 Å². The molecule has 8 heteroatoms. The molecule has 1 atom stereocenters. The summed E-state index contributed by atoms with van der Waals surface area (Å²) in [4.78, 5) is 16.5. The molecule has 0 fully saturated rings. The van der Waals surface area contributed by atoms with Crippen LogP contribution >= 0.6 is 27.5 Å². The van der Waals surface area contributed by atoms with E-state index in [4.69, 9.17) is 11.6 Å². The molecule has 0 radical (unpaired) electrons. The molecule has 0 unspecified atom stereocenters. The van der Waals surface area contributed by atoms with E-state index in [1.807, 2.05) is 13.0 Å². The lowest BCUT2D eigenvalue weighted by molar-refractivity contribution is 0.0941. The zero-order chi connectivity index (χ0) is 15.7. The number of nitrogens with one attached hydrogen (secondary N) is 2. The lowest BCUT2D eigenvalue weighted by Crippen LogP contribution is -2.27. The van der Waals surface area contributed by atoms with Gasteiger partial charge in [-0.1, -0.05) is 33.6 Å². The van der Waals surface area contributed by atoms with E-state index in [0.717, 1.165) is 10.0 Å². The van der Waals surface area contributed by atoms with Crippen LogP contribution in [0.15, 0.2) is 34.9 Å². The second-order valence-corrected chi connectivity index (χ2v) is 6.01. The van der Waals surface area contributed by atoms with E-state index in [2.05, 4.69) is 41.6 Å². The van der Waals surface area contributed by atoms with Crippen LogP contribution in [0.3, 0.4) is 0 Å². The smallest absolute Gasteiger partial charge is 0.254 e. The zero-order valence-electron chi connectivity index (χ0n) is 11.5. The minimum atomic E-state index is -0.240. The van der Waals surface area contributed by atoms with E-state index < -0.39 is 0 Å². The highest BCUT2D eigenvalue weighted by molar-refractivity contribution is 9.10. The molecule has 0 saturated heterocycles.